The summed E-state index contributed by atoms with van der Waals surface area (Å²) >= 11 is 0. The summed E-state index contributed by atoms with van der Waals surface area (Å²) in [6.07, 6.45) is 0. The van der Waals surface area contributed by atoms with Gasteiger partial charge in [-0.15, -0.1) is 0 Å². The Kier molecular flexibility index (Phi) is 4.81. The second-order valence-electron chi connectivity index (χ2n) is 5.99. The van der Waals surface area contributed by atoms with Crippen LogP contribution in [0.5, 0.6) is 5.75 Å². The molecule has 0 radical (unpaired) electrons. The highest BCUT2D eigenvalue weighted by molar-refractivity contribution is 6.14. The molecule has 0 unspecified atom stereocenters. The van der Waals surface area contributed by atoms with Gasteiger partial charge < -0.3 is 20.1 Å². The van der Waals surface area contributed by atoms with Crippen molar-refractivity contribution in [1.29, 1.82) is 0 Å². The van der Waals surface area contributed by atoms with Crippen molar-refractivity contribution >= 4 is 29.2 Å². The van der Waals surface area contributed by atoms with Gasteiger partial charge in [-0.3, -0.25) is 9.59 Å². The van der Waals surface area contributed by atoms with Gasteiger partial charge >= 0.3 is 5.97 Å². The third kappa shape index (κ3) is 3.59. The summed E-state index contributed by atoms with van der Waals surface area (Å²) in [6, 6.07) is 9.80. The highest BCUT2D eigenvalue weighted by Crippen LogP contribution is 2.36. The molecule has 2 amide bonds. The number of rotatable bonds is 4. The summed E-state index contributed by atoms with van der Waals surface area (Å²) in [7, 11) is 0. The lowest BCUT2D eigenvalue weighted by Gasteiger charge is -2.32. The molecule has 2 aromatic rings. The van der Waals surface area contributed by atoms with Crippen molar-refractivity contribution in [3.05, 3.63) is 53.8 Å². The van der Waals surface area contributed by atoms with Gasteiger partial charge in [-0.25, -0.2) is 9.18 Å². The first kappa shape index (κ1) is 18.4. The number of anilines is 2. The van der Waals surface area contributed by atoms with E-state index in [9.17, 15) is 18.8 Å². The summed E-state index contributed by atoms with van der Waals surface area (Å²) < 4.78 is 23.8. The minimum atomic E-state index is -1.84. The zero-order chi connectivity index (χ0) is 19.6. The fourth-order valence-electron chi connectivity index (χ4n) is 2.53. The average Bonchev–Trinajstić information content (AvgIpc) is 2.63. The molecule has 0 spiro atoms. The topological polar surface area (TPSA) is 93.7 Å². The second kappa shape index (κ2) is 7.06. The monoisotopic (exact) mass is 372 g/mol. The largest absolute Gasteiger partial charge is 0.464 e. The molecule has 1 aliphatic rings. The number of ether oxygens (including phenoxy) is 2. The molecule has 1 aliphatic heterocycles. The third-order valence-electron chi connectivity index (χ3n) is 3.99. The van der Waals surface area contributed by atoms with Gasteiger partial charge in [0, 0.05) is 17.3 Å². The maximum Gasteiger partial charge on any atom is 0.360 e. The average molecular weight is 372 g/mol. The van der Waals surface area contributed by atoms with Gasteiger partial charge in [0.25, 0.3) is 17.4 Å². The molecule has 0 saturated heterocycles. The lowest BCUT2D eigenvalue weighted by molar-refractivity contribution is -0.165. The van der Waals surface area contributed by atoms with E-state index in [-0.39, 0.29) is 17.9 Å². The molecule has 2 aromatic carbocycles. The lowest BCUT2D eigenvalue weighted by atomic mass is 10.0. The number of hydrogen-bond acceptors (Lipinski definition) is 5. The van der Waals surface area contributed by atoms with Crippen LogP contribution in [-0.4, -0.2) is 30.0 Å². The van der Waals surface area contributed by atoms with Gasteiger partial charge in [0.1, 0.15) is 11.6 Å². The van der Waals surface area contributed by atoms with E-state index in [0.29, 0.717) is 11.4 Å². The van der Waals surface area contributed by atoms with Crippen LogP contribution in [0.1, 0.15) is 24.2 Å². The predicted octanol–water partition coefficient (Wildman–Crippen LogP) is 2.73. The van der Waals surface area contributed by atoms with Crippen LogP contribution < -0.4 is 15.4 Å². The SMILES string of the molecule is CCOC(=O)[C@]1(C)Oc2cc(NC(=O)c3cccc(F)c3)ccc2NC1=O. The summed E-state index contributed by atoms with van der Waals surface area (Å²) in [5.41, 5.74) is -0.983. The predicted molar refractivity (Wildman–Crippen MR) is 95.1 cm³/mol. The number of nitrogens with one attached hydrogen (secondary N) is 2. The van der Waals surface area contributed by atoms with Gasteiger partial charge in [0.2, 0.25) is 0 Å². The number of carbonyl (C=O) groups is 3. The zero-order valence-corrected chi connectivity index (χ0v) is 14.7. The summed E-state index contributed by atoms with van der Waals surface area (Å²) in [4.78, 5) is 36.6. The second-order valence-corrected chi connectivity index (χ2v) is 5.99. The van der Waals surface area contributed by atoms with Crippen molar-refractivity contribution < 1.29 is 28.2 Å². The molecule has 1 atom stereocenters. The molecule has 0 aliphatic carbocycles. The number of benzene rings is 2. The number of hydrogen-bond donors (Lipinski definition) is 2. The molecule has 140 valence electrons. The molecule has 0 saturated carbocycles. The first-order valence-corrected chi connectivity index (χ1v) is 8.22. The molecule has 7 nitrogen and oxygen atoms in total. The normalized spacial score (nSPS) is 18.0. The Morgan fingerprint density at radius 1 is 1.26 bits per heavy atom. The van der Waals surface area contributed by atoms with Crippen LogP contribution in [0, 0.1) is 5.82 Å². The Morgan fingerprint density at radius 3 is 2.74 bits per heavy atom. The molecule has 0 aromatic heterocycles. The van der Waals surface area contributed by atoms with E-state index in [2.05, 4.69) is 10.6 Å². The molecule has 8 heteroatoms. The highest BCUT2D eigenvalue weighted by Gasteiger charge is 2.48. The maximum atomic E-state index is 13.3. The number of fused-ring (bicyclic) bond motifs is 1. The van der Waals surface area contributed by atoms with Crippen LogP contribution >= 0.6 is 0 Å². The Balaban J connectivity index is 1.84. The number of halogens is 1. The first-order valence-electron chi connectivity index (χ1n) is 8.22. The van der Waals surface area contributed by atoms with Crippen LogP contribution in [-0.2, 0) is 14.3 Å². The summed E-state index contributed by atoms with van der Waals surface area (Å²) in [6.45, 7) is 3.03. The maximum absolute atomic E-state index is 13.3. The molecule has 0 bridgehead atoms. The van der Waals surface area contributed by atoms with E-state index in [0.717, 1.165) is 6.07 Å². The Bertz CT molecular complexity index is 930. The van der Waals surface area contributed by atoms with Gasteiger partial charge in [0.05, 0.1) is 12.3 Å². The molecule has 1 heterocycles. The van der Waals surface area contributed by atoms with Gasteiger partial charge in [-0.1, -0.05) is 6.07 Å². The van der Waals surface area contributed by atoms with Crippen molar-refractivity contribution in [1.82, 2.24) is 0 Å². The minimum absolute atomic E-state index is 0.0989. The number of esters is 1. The van der Waals surface area contributed by atoms with E-state index < -0.39 is 29.2 Å². The van der Waals surface area contributed by atoms with Crippen LogP contribution in [0.25, 0.3) is 0 Å². The standard InChI is InChI=1S/C19H17FN2O5/c1-3-26-18(25)19(2)17(24)22-14-8-7-13(10-15(14)27-19)21-16(23)11-5-4-6-12(20)9-11/h4-10H,3H2,1-2H3,(H,21,23)(H,22,24)/t19-/m1/s1. The first-order chi connectivity index (χ1) is 12.8. The van der Waals surface area contributed by atoms with E-state index in [4.69, 9.17) is 9.47 Å². The minimum Gasteiger partial charge on any atom is -0.464 e. The lowest BCUT2D eigenvalue weighted by Crippen LogP contribution is -2.55. The van der Waals surface area contributed by atoms with Crippen LogP contribution in [0.2, 0.25) is 0 Å². The number of carbonyl (C=O) groups excluding carboxylic acids is 3. The smallest absolute Gasteiger partial charge is 0.360 e. The fraction of sp³-hybridized carbons (Fsp3) is 0.211. The van der Waals surface area contributed by atoms with Crippen LogP contribution in [0.4, 0.5) is 15.8 Å². The quantitative estimate of drug-likeness (QED) is 0.636. The van der Waals surface area contributed by atoms with E-state index in [1.165, 1.54) is 37.3 Å². The van der Waals surface area contributed by atoms with Gasteiger partial charge in [0.15, 0.2) is 0 Å². The van der Waals surface area contributed by atoms with Crippen molar-refractivity contribution in [3.63, 3.8) is 0 Å². The zero-order valence-electron chi connectivity index (χ0n) is 14.7. The molecular weight excluding hydrogens is 355 g/mol. The van der Waals surface area contributed by atoms with Crippen molar-refractivity contribution in [3.8, 4) is 5.75 Å². The van der Waals surface area contributed by atoms with Gasteiger partial charge in [-0.2, -0.15) is 0 Å². The fourth-order valence-corrected chi connectivity index (χ4v) is 2.53. The Labute approximate surface area is 154 Å². The van der Waals surface area contributed by atoms with Crippen LogP contribution in [0.3, 0.4) is 0 Å². The van der Waals surface area contributed by atoms with Gasteiger partial charge in [-0.05, 0) is 44.2 Å². The molecule has 27 heavy (non-hydrogen) atoms. The highest BCUT2D eigenvalue weighted by atomic mass is 19.1. The van der Waals surface area contributed by atoms with Crippen molar-refractivity contribution in [2.75, 3.05) is 17.2 Å². The molecule has 2 N–H and O–H groups in total. The van der Waals surface area contributed by atoms with E-state index in [1.807, 2.05) is 0 Å². The summed E-state index contributed by atoms with van der Waals surface area (Å²) in [5, 5.41) is 5.20. The summed E-state index contributed by atoms with van der Waals surface area (Å²) in [5.74, 6) is -2.30. The third-order valence-corrected chi connectivity index (χ3v) is 3.99. The van der Waals surface area contributed by atoms with E-state index in [1.54, 1.807) is 13.0 Å². The molecule has 0 fully saturated rings. The van der Waals surface area contributed by atoms with E-state index >= 15 is 0 Å². The van der Waals surface area contributed by atoms with Crippen molar-refractivity contribution in [2.45, 2.75) is 19.4 Å². The van der Waals surface area contributed by atoms with Crippen LogP contribution in [0.15, 0.2) is 42.5 Å². The molecular formula is C19H17FN2O5. The van der Waals surface area contributed by atoms with Crippen molar-refractivity contribution in [2.24, 2.45) is 0 Å². The Morgan fingerprint density at radius 2 is 2.04 bits per heavy atom. The molecule has 3 rings (SSSR count). The number of amides is 2. The Hall–Kier alpha value is -3.42.